The first kappa shape index (κ1) is 23.6. The van der Waals surface area contributed by atoms with E-state index in [1.54, 1.807) is 12.1 Å². The molecule has 0 aliphatic carbocycles. The van der Waals surface area contributed by atoms with Crippen LogP contribution in [0.3, 0.4) is 0 Å². The first-order valence-electron chi connectivity index (χ1n) is 10.6. The highest BCUT2D eigenvalue weighted by Crippen LogP contribution is 2.25. The highest BCUT2D eigenvalue weighted by atomic mass is 16.6. The first-order chi connectivity index (χ1) is 16.1. The van der Waals surface area contributed by atoms with Gasteiger partial charge < -0.3 is 19.5 Å². The molecule has 1 amide bonds. The Kier molecular flexibility index (Phi) is 9.08. The number of para-hydroxylation sites is 2. The number of carbonyl (C=O) groups excluding carboxylic acids is 1. The fraction of sp³-hybridized carbons (Fsp3) is 0.240. The molecule has 0 spiro atoms. The van der Waals surface area contributed by atoms with Crippen molar-refractivity contribution < 1.29 is 23.9 Å². The Morgan fingerprint density at radius 3 is 2.21 bits per heavy atom. The van der Waals surface area contributed by atoms with E-state index in [0.717, 1.165) is 29.9 Å². The Hall–Kier alpha value is -4.07. The van der Waals surface area contributed by atoms with Crippen LogP contribution in [0.15, 0.2) is 78.9 Å². The number of carbonyl (C=O) groups is 1. The van der Waals surface area contributed by atoms with Gasteiger partial charge in [0.1, 0.15) is 18.1 Å². The Labute approximate surface area is 192 Å². The smallest absolute Gasteiger partial charge is 0.310 e. The molecule has 3 aromatic rings. The zero-order valence-electron chi connectivity index (χ0n) is 18.1. The van der Waals surface area contributed by atoms with Gasteiger partial charge in [-0.25, -0.2) is 0 Å². The molecule has 0 atom stereocenters. The van der Waals surface area contributed by atoms with Crippen LogP contribution in [0.25, 0.3) is 0 Å². The second-order valence-electron chi connectivity index (χ2n) is 7.16. The van der Waals surface area contributed by atoms with Gasteiger partial charge in [0.25, 0.3) is 5.91 Å². The average molecular weight is 450 g/mol. The minimum atomic E-state index is -0.543. The normalized spacial score (nSPS) is 10.3. The van der Waals surface area contributed by atoms with E-state index in [0.29, 0.717) is 19.8 Å². The topological polar surface area (TPSA) is 99.9 Å². The number of nitrogens with one attached hydrogen (secondary N) is 1. The molecular formula is C25H26N2O6. The summed E-state index contributed by atoms with van der Waals surface area (Å²) in [6, 6.07) is 23.4. The Bertz CT molecular complexity index is 1020. The molecule has 0 heterocycles. The molecule has 33 heavy (non-hydrogen) atoms. The summed E-state index contributed by atoms with van der Waals surface area (Å²) in [4.78, 5) is 22.3. The number of rotatable bonds is 13. The maximum absolute atomic E-state index is 11.9. The van der Waals surface area contributed by atoms with E-state index in [4.69, 9.17) is 14.2 Å². The van der Waals surface area contributed by atoms with Gasteiger partial charge in [-0.1, -0.05) is 42.5 Å². The van der Waals surface area contributed by atoms with Crippen molar-refractivity contribution in [2.45, 2.75) is 19.4 Å². The fourth-order valence-electron chi connectivity index (χ4n) is 2.94. The van der Waals surface area contributed by atoms with Crippen molar-refractivity contribution in [3.05, 3.63) is 94.5 Å². The van der Waals surface area contributed by atoms with E-state index in [1.807, 2.05) is 54.6 Å². The number of amides is 1. The fourth-order valence-corrected chi connectivity index (χ4v) is 2.94. The monoisotopic (exact) mass is 450 g/mol. The average Bonchev–Trinajstić information content (AvgIpc) is 2.85. The number of nitro groups is 1. The van der Waals surface area contributed by atoms with Gasteiger partial charge in [-0.2, -0.15) is 0 Å². The lowest BCUT2D eigenvalue weighted by molar-refractivity contribution is -0.385. The van der Waals surface area contributed by atoms with Crippen molar-refractivity contribution in [2.24, 2.45) is 0 Å². The van der Waals surface area contributed by atoms with Gasteiger partial charge >= 0.3 is 5.69 Å². The van der Waals surface area contributed by atoms with Crippen molar-refractivity contribution in [3.63, 3.8) is 0 Å². The van der Waals surface area contributed by atoms with Crippen LogP contribution in [0.2, 0.25) is 0 Å². The van der Waals surface area contributed by atoms with Gasteiger partial charge in [0.15, 0.2) is 12.4 Å². The largest absolute Gasteiger partial charge is 0.494 e. The quantitative estimate of drug-likeness (QED) is 0.233. The molecule has 8 nitrogen and oxygen atoms in total. The summed E-state index contributed by atoms with van der Waals surface area (Å²) in [6.07, 6.45) is 1.49. The van der Waals surface area contributed by atoms with Gasteiger partial charge in [-0.15, -0.1) is 0 Å². The number of hydrogen-bond acceptors (Lipinski definition) is 6. The third-order valence-electron chi connectivity index (χ3n) is 4.65. The number of hydrogen-bond donors (Lipinski definition) is 1. The second kappa shape index (κ2) is 12.7. The van der Waals surface area contributed by atoms with Crippen LogP contribution < -0.4 is 19.5 Å². The van der Waals surface area contributed by atoms with Gasteiger partial charge in [-0.3, -0.25) is 14.9 Å². The maximum atomic E-state index is 11.9. The van der Waals surface area contributed by atoms with Crippen LogP contribution in [0.1, 0.15) is 18.4 Å². The molecule has 0 aromatic heterocycles. The second-order valence-corrected chi connectivity index (χ2v) is 7.16. The Balaban J connectivity index is 1.26. The zero-order valence-corrected chi connectivity index (χ0v) is 18.1. The Morgan fingerprint density at radius 1 is 0.818 bits per heavy atom. The Morgan fingerprint density at radius 2 is 1.48 bits per heavy atom. The van der Waals surface area contributed by atoms with E-state index in [2.05, 4.69) is 5.32 Å². The summed E-state index contributed by atoms with van der Waals surface area (Å²) < 4.78 is 16.7. The van der Waals surface area contributed by atoms with Crippen LogP contribution in [0.5, 0.6) is 17.2 Å². The van der Waals surface area contributed by atoms with E-state index in [1.165, 1.54) is 12.1 Å². The van der Waals surface area contributed by atoms with Crippen LogP contribution in [0.4, 0.5) is 5.69 Å². The molecule has 0 fully saturated rings. The van der Waals surface area contributed by atoms with Gasteiger partial charge in [0, 0.05) is 12.6 Å². The van der Waals surface area contributed by atoms with Crippen LogP contribution in [-0.2, 0) is 11.4 Å². The standard InChI is InChI=1S/C25H26N2O6/c28-25(19-33-24-11-5-4-10-23(24)27(29)30)26-16-6-7-17-31-21-12-14-22(15-13-21)32-18-20-8-2-1-3-9-20/h1-5,8-15H,6-7,16-19H2,(H,26,28). The van der Waals surface area contributed by atoms with Gasteiger partial charge in [0.2, 0.25) is 0 Å². The summed E-state index contributed by atoms with van der Waals surface area (Å²) in [5.41, 5.74) is 0.941. The molecule has 3 aromatic carbocycles. The first-order valence-corrected chi connectivity index (χ1v) is 10.6. The van der Waals surface area contributed by atoms with E-state index >= 15 is 0 Å². The predicted octanol–water partition coefficient (Wildman–Crippen LogP) is 4.53. The van der Waals surface area contributed by atoms with Gasteiger partial charge in [0.05, 0.1) is 11.5 Å². The summed E-state index contributed by atoms with van der Waals surface area (Å²) in [5.74, 6) is 1.27. The number of unbranched alkanes of at least 4 members (excludes halogenated alkanes) is 1. The number of ether oxygens (including phenoxy) is 3. The third kappa shape index (κ3) is 8.17. The maximum Gasteiger partial charge on any atom is 0.310 e. The molecule has 1 N–H and O–H groups in total. The summed E-state index contributed by atoms with van der Waals surface area (Å²) in [5, 5.41) is 13.7. The third-order valence-corrected chi connectivity index (χ3v) is 4.65. The molecule has 0 unspecified atom stereocenters. The van der Waals surface area contributed by atoms with Crippen LogP contribution in [0, 0.1) is 10.1 Å². The molecule has 0 radical (unpaired) electrons. The SMILES string of the molecule is O=C(COc1ccccc1[N+](=O)[O-])NCCCCOc1ccc(OCc2ccccc2)cc1. The molecule has 0 saturated heterocycles. The molecule has 3 rings (SSSR count). The van der Waals surface area contributed by atoms with Crippen LogP contribution in [-0.4, -0.2) is 30.6 Å². The predicted molar refractivity (Wildman–Crippen MR) is 124 cm³/mol. The molecular weight excluding hydrogens is 424 g/mol. The zero-order chi connectivity index (χ0) is 23.3. The number of nitro benzene ring substituents is 1. The van der Waals surface area contributed by atoms with E-state index < -0.39 is 4.92 Å². The van der Waals surface area contributed by atoms with Gasteiger partial charge in [-0.05, 0) is 48.7 Å². The van der Waals surface area contributed by atoms with Crippen LogP contribution >= 0.6 is 0 Å². The van der Waals surface area contributed by atoms with E-state index in [9.17, 15) is 14.9 Å². The minimum Gasteiger partial charge on any atom is -0.494 e. The lowest BCUT2D eigenvalue weighted by atomic mass is 10.2. The number of benzene rings is 3. The summed E-state index contributed by atoms with van der Waals surface area (Å²) in [7, 11) is 0. The molecule has 0 aliphatic rings. The summed E-state index contributed by atoms with van der Waals surface area (Å²) >= 11 is 0. The van der Waals surface area contributed by atoms with Crippen molar-refractivity contribution in [3.8, 4) is 17.2 Å². The summed E-state index contributed by atoms with van der Waals surface area (Å²) in [6.45, 7) is 1.22. The molecule has 0 saturated carbocycles. The number of nitrogens with zero attached hydrogens (tertiary/aromatic N) is 1. The van der Waals surface area contributed by atoms with E-state index in [-0.39, 0.29) is 24.0 Å². The minimum absolute atomic E-state index is 0.0718. The highest BCUT2D eigenvalue weighted by Gasteiger charge is 2.14. The van der Waals surface area contributed by atoms with Crippen molar-refractivity contribution >= 4 is 11.6 Å². The highest BCUT2D eigenvalue weighted by molar-refractivity contribution is 5.77. The molecule has 8 heteroatoms. The van der Waals surface area contributed by atoms with Crippen molar-refractivity contribution in [2.75, 3.05) is 19.8 Å². The molecule has 0 bridgehead atoms. The van der Waals surface area contributed by atoms with Crippen molar-refractivity contribution in [1.82, 2.24) is 5.32 Å². The van der Waals surface area contributed by atoms with Crippen molar-refractivity contribution in [1.29, 1.82) is 0 Å². The lowest BCUT2D eigenvalue weighted by Crippen LogP contribution is -2.30. The molecule has 0 aliphatic heterocycles. The molecule has 172 valence electrons. The lowest BCUT2D eigenvalue weighted by Gasteiger charge is -2.10.